The summed E-state index contributed by atoms with van der Waals surface area (Å²) in [6.07, 6.45) is 0. The molecule has 0 aromatic heterocycles. The summed E-state index contributed by atoms with van der Waals surface area (Å²) in [6.45, 7) is 3.62. The van der Waals surface area contributed by atoms with E-state index in [2.05, 4.69) is 0 Å². The Hall–Kier alpha value is -0.370. The number of hydrogen-bond acceptors (Lipinski definition) is 4. The number of halogens is 2. The van der Waals surface area contributed by atoms with E-state index in [4.69, 9.17) is 32.8 Å². The third kappa shape index (κ3) is 4.05. The van der Waals surface area contributed by atoms with E-state index in [1.807, 2.05) is 4.89 Å². The molecule has 0 atom stereocenters. The van der Waals surface area contributed by atoms with Crippen LogP contribution < -0.4 is 4.89 Å². The van der Waals surface area contributed by atoms with Crippen LogP contribution in [0.5, 0.6) is 0 Å². The molecule has 1 aromatic rings. The van der Waals surface area contributed by atoms with Gasteiger partial charge in [0, 0.05) is 12.1 Å². The average molecular weight is 328 g/mol. The molecule has 8 heteroatoms. The zero-order chi connectivity index (χ0) is 14.6. The van der Waals surface area contributed by atoms with Gasteiger partial charge in [0.1, 0.15) is 4.90 Å². The molecule has 1 aromatic carbocycles. The van der Waals surface area contributed by atoms with Gasteiger partial charge < -0.3 is 4.74 Å². The van der Waals surface area contributed by atoms with Crippen molar-refractivity contribution >= 4 is 33.2 Å². The molecule has 19 heavy (non-hydrogen) atoms. The first-order valence-corrected chi connectivity index (χ1v) is 7.63. The van der Waals surface area contributed by atoms with Gasteiger partial charge in [-0.15, -0.1) is 0 Å². The predicted molar refractivity (Wildman–Crippen MR) is 74.1 cm³/mol. The maximum atomic E-state index is 12.1. The fraction of sp³-hybridized carbons (Fsp3) is 0.455. The summed E-state index contributed by atoms with van der Waals surface area (Å²) in [5.74, 6) is 0. The molecular weight excluding hydrogens is 313 g/mol. The van der Waals surface area contributed by atoms with Crippen LogP contribution in [0.25, 0.3) is 0 Å². The van der Waals surface area contributed by atoms with E-state index in [-0.39, 0.29) is 23.1 Å². The van der Waals surface area contributed by atoms with E-state index in [0.717, 1.165) is 0 Å². The van der Waals surface area contributed by atoms with Crippen molar-refractivity contribution in [1.29, 1.82) is 0 Å². The minimum Gasteiger partial charge on any atom is -0.382 e. The summed E-state index contributed by atoms with van der Waals surface area (Å²) in [7, 11) is -2.41. The Morgan fingerprint density at radius 1 is 1.26 bits per heavy atom. The second-order valence-electron chi connectivity index (χ2n) is 3.87. The van der Waals surface area contributed by atoms with E-state index in [1.165, 1.54) is 7.11 Å². The third-order valence-electron chi connectivity index (χ3n) is 2.41. The van der Waals surface area contributed by atoms with Crippen LogP contribution in [0.3, 0.4) is 0 Å². The Balaban J connectivity index is 3.08. The first-order chi connectivity index (χ1) is 8.81. The highest BCUT2D eigenvalue weighted by molar-refractivity contribution is 7.89. The molecule has 0 spiro atoms. The van der Waals surface area contributed by atoms with Gasteiger partial charge in [0.05, 0.1) is 18.2 Å². The number of benzene rings is 1. The van der Waals surface area contributed by atoms with E-state index in [0.29, 0.717) is 16.1 Å². The minimum atomic E-state index is -3.89. The largest absolute Gasteiger partial charge is 0.382 e. The van der Waals surface area contributed by atoms with E-state index < -0.39 is 10.0 Å². The molecule has 5 nitrogen and oxygen atoms in total. The van der Waals surface area contributed by atoms with Gasteiger partial charge in [0.2, 0.25) is 0 Å². The summed E-state index contributed by atoms with van der Waals surface area (Å²) in [6, 6.07) is 1.62. The summed E-state index contributed by atoms with van der Waals surface area (Å²) in [5, 5.41) is 0.462. The number of ether oxygens (including phenoxy) is 1. The quantitative estimate of drug-likeness (QED) is 0.644. The lowest BCUT2D eigenvalue weighted by molar-refractivity contribution is 0.0438. The first kappa shape index (κ1) is 16.7. The van der Waals surface area contributed by atoms with Gasteiger partial charge in [-0.25, -0.2) is 8.42 Å². The van der Waals surface area contributed by atoms with Crippen molar-refractivity contribution in [3.63, 3.8) is 0 Å². The molecule has 0 unspecified atom stereocenters. The lowest BCUT2D eigenvalue weighted by Crippen LogP contribution is -2.27. The van der Waals surface area contributed by atoms with E-state index >= 15 is 0 Å². The molecule has 108 valence electrons. The van der Waals surface area contributed by atoms with Crippen LogP contribution in [0, 0.1) is 13.8 Å². The number of sulfonamides is 1. The number of aryl methyl sites for hydroxylation is 1. The Labute approximate surface area is 122 Å². The summed E-state index contributed by atoms with van der Waals surface area (Å²) < 4.78 is 29.0. The van der Waals surface area contributed by atoms with Gasteiger partial charge in [-0.2, -0.15) is 0 Å². The minimum absolute atomic E-state index is 0.0726. The van der Waals surface area contributed by atoms with Gasteiger partial charge in [-0.05, 0) is 31.0 Å². The molecule has 0 saturated carbocycles. The van der Waals surface area contributed by atoms with Crippen LogP contribution in [-0.4, -0.2) is 28.7 Å². The highest BCUT2D eigenvalue weighted by Crippen LogP contribution is 2.33. The summed E-state index contributed by atoms with van der Waals surface area (Å²) in [5.41, 5.74) is 0.953. The number of methoxy groups -OCH3 is 1. The van der Waals surface area contributed by atoms with Gasteiger partial charge in [-0.3, -0.25) is 4.84 Å². The Morgan fingerprint density at radius 2 is 1.89 bits per heavy atom. The van der Waals surface area contributed by atoms with E-state index in [9.17, 15) is 8.42 Å². The van der Waals surface area contributed by atoms with Gasteiger partial charge >= 0.3 is 0 Å². The summed E-state index contributed by atoms with van der Waals surface area (Å²) in [4.78, 5) is 6.74. The zero-order valence-corrected chi connectivity index (χ0v) is 13.1. The maximum Gasteiger partial charge on any atom is 0.264 e. The molecule has 0 radical (unpaired) electrons. The van der Waals surface area contributed by atoms with Crippen LogP contribution in [0.1, 0.15) is 11.1 Å². The van der Waals surface area contributed by atoms with Crippen molar-refractivity contribution in [1.82, 2.24) is 4.89 Å². The van der Waals surface area contributed by atoms with Crippen molar-refractivity contribution in [3.8, 4) is 0 Å². The van der Waals surface area contributed by atoms with Crippen molar-refractivity contribution in [2.45, 2.75) is 18.7 Å². The molecule has 0 amide bonds. The van der Waals surface area contributed by atoms with Gasteiger partial charge in [0.25, 0.3) is 10.0 Å². The Bertz CT molecular complexity index is 534. The summed E-state index contributed by atoms with van der Waals surface area (Å²) >= 11 is 12.0. The molecule has 1 N–H and O–H groups in total. The number of rotatable bonds is 6. The molecule has 0 aliphatic rings. The maximum absolute atomic E-state index is 12.1. The molecule has 0 aliphatic heterocycles. The lowest BCUT2D eigenvalue weighted by atomic mass is 10.2. The molecule has 0 fully saturated rings. The molecule has 0 bridgehead atoms. The van der Waals surface area contributed by atoms with Crippen molar-refractivity contribution in [3.05, 3.63) is 27.2 Å². The third-order valence-corrected chi connectivity index (χ3v) is 4.79. The topological polar surface area (TPSA) is 64.6 Å². The fourth-order valence-electron chi connectivity index (χ4n) is 1.42. The molecule has 1 rings (SSSR count). The smallest absolute Gasteiger partial charge is 0.264 e. The SMILES string of the molecule is COCCONS(=O)(=O)c1c(C)c(Cl)cc(C)c1Cl. The molecular formula is C11H15Cl2NO4S. The normalized spacial score (nSPS) is 11.8. The second kappa shape index (κ2) is 6.88. The first-order valence-electron chi connectivity index (χ1n) is 5.39. The predicted octanol–water partition coefficient (Wildman–Crippen LogP) is 2.47. The molecule has 0 saturated heterocycles. The standard InChI is InChI=1S/C11H15Cl2NO4S/c1-7-6-9(12)8(2)11(10(7)13)19(15,16)14-18-5-4-17-3/h6,14H,4-5H2,1-3H3. The highest BCUT2D eigenvalue weighted by atomic mass is 35.5. The Kier molecular flexibility index (Phi) is 6.04. The zero-order valence-electron chi connectivity index (χ0n) is 10.8. The Morgan fingerprint density at radius 3 is 2.47 bits per heavy atom. The number of hydrogen-bond donors (Lipinski definition) is 1. The average Bonchev–Trinajstić information content (AvgIpc) is 2.32. The highest BCUT2D eigenvalue weighted by Gasteiger charge is 2.24. The molecule has 0 heterocycles. The van der Waals surface area contributed by atoms with Crippen LogP contribution in [0.4, 0.5) is 0 Å². The van der Waals surface area contributed by atoms with Crippen molar-refractivity contribution in [2.24, 2.45) is 0 Å². The second-order valence-corrected chi connectivity index (χ2v) is 6.24. The lowest BCUT2D eigenvalue weighted by Gasteiger charge is -2.13. The van der Waals surface area contributed by atoms with Crippen LogP contribution >= 0.6 is 23.2 Å². The van der Waals surface area contributed by atoms with E-state index in [1.54, 1.807) is 19.9 Å². The van der Waals surface area contributed by atoms with Gasteiger partial charge in [0.15, 0.2) is 0 Å². The molecule has 0 aliphatic carbocycles. The monoisotopic (exact) mass is 327 g/mol. The van der Waals surface area contributed by atoms with Crippen LogP contribution in [-0.2, 0) is 19.6 Å². The van der Waals surface area contributed by atoms with Crippen LogP contribution in [0.2, 0.25) is 10.0 Å². The van der Waals surface area contributed by atoms with Crippen LogP contribution in [0.15, 0.2) is 11.0 Å². The van der Waals surface area contributed by atoms with Crippen molar-refractivity contribution < 1.29 is 18.0 Å². The fourth-order valence-corrected chi connectivity index (χ4v) is 3.47. The van der Waals surface area contributed by atoms with Crippen molar-refractivity contribution in [2.75, 3.05) is 20.3 Å². The number of nitrogens with one attached hydrogen (secondary N) is 1. The van der Waals surface area contributed by atoms with Gasteiger partial charge in [-0.1, -0.05) is 28.1 Å².